The maximum absolute atomic E-state index is 10.6. The van der Waals surface area contributed by atoms with Crippen molar-refractivity contribution in [2.45, 2.75) is 6.92 Å². The molecule has 0 aromatic carbocycles. The Balaban J connectivity index is 2.59. The summed E-state index contributed by atoms with van der Waals surface area (Å²) in [6.45, 7) is 3.02. The third-order valence-electron chi connectivity index (χ3n) is 1.08. The average molecular weight is 127 g/mol. The highest BCUT2D eigenvalue weighted by molar-refractivity contribution is 5.82. The van der Waals surface area contributed by atoms with Crippen LogP contribution in [0.4, 0.5) is 0 Å². The van der Waals surface area contributed by atoms with E-state index in [0.29, 0.717) is 13.2 Å². The van der Waals surface area contributed by atoms with Crippen LogP contribution in [0.1, 0.15) is 6.92 Å². The van der Waals surface area contributed by atoms with Crippen LogP contribution < -0.4 is 5.32 Å². The van der Waals surface area contributed by atoms with Crippen LogP contribution in [0.5, 0.6) is 0 Å². The normalized spacial score (nSPS) is 19.2. The molecular formula is C6H9NO2. The van der Waals surface area contributed by atoms with Crippen LogP contribution in [0.3, 0.4) is 0 Å². The summed E-state index contributed by atoms with van der Waals surface area (Å²) in [7, 11) is 0. The van der Waals surface area contributed by atoms with Crippen molar-refractivity contribution in [2.24, 2.45) is 0 Å². The van der Waals surface area contributed by atoms with E-state index in [4.69, 9.17) is 4.74 Å². The zero-order valence-electron chi connectivity index (χ0n) is 5.31. The minimum Gasteiger partial charge on any atom is -0.461 e. The molecule has 0 aromatic heterocycles. The molecule has 0 unspecified atom stereocenters. The van der Waals surface area contributed by atoms with Crippen LogP contribution in [0.25, 0.3) is 0 Å². The summed E-state index contributed by atoms with van der Waals surface area (Å²) in [5, 5.41) is 2.99. The lowest BCUT2D eigenvalue weighted by atomic mass is 10.4. The fraction of sp³-hybridized carbons (Fsp3) is 0.500. The Morgan fingerprint density at radius 3 is 3.33 bits per heavy atom. The maximum Gasteiger partial charge on any atom is 0.332 e. The van der Waals surface area contributed by atoms with Gasteiger partial charge in [-0.15, -0.1) is 0 Å². The predicted octanol–water partition coefficient (Wildman–Crippen LogP) is 0.0366. The molecule has 0 spiro atoms. The molecule has 9 heavy (non-hydrogen) atoms. The van der Waals surface area contributed by atoms with Crippen LogP contribution in [0.15, 0.2) is 11.8 Å². The largest absolute Gasteiger partial charge is 0.461 e. The van der Waals surface area contributed by atoms with E-state index in [1.807, 2.05) is 6.92 Å². The third kappa shape index (κ3) is 1.76. The highest BCUT2D eigenvalue weighted by Gasteiger charge is 2.02. The lowest BCUT2D eigenvalue weighted by Crippen LogP contribution is -2.14. The number of cyclic esters (lactones) is 1. The van der Waals surface area contributed by atoms with Crippen molar-refractivity contribution in [1.29, 1.82) is 0 Å². The molecule has 3 nitrogen and oxygen atoms in total. The first kappa shape index (κ1) is 6.13. The quantitative estimate of drug-likeness (QED) is 0.467. The number of rotatable bonds is 0. The molecule has 1 heterocycles. The molecular weight excluding hydrogens is 118 g/mol. The second kappa shape index (κ2) is 2.53. The number of hydrogen-bond donors (Lipinski definition) is 1. The molecule has 0 radical (unpaired) electrons. The Labute approximate surface area is 53.7 Å². The van der Waals surface area contributed by atoms with Crippen LogP contribution in [0, 0.1) is 0 Å². The van der Waals surface area contributed by atoms with Gasteiger partial charge in [-0.2, -0.15) is 0 Å². The van der Waals surface area contributed by atoms with Crippen molar-refractivity contribution in [3.8, 4) is 0 Å². The summed E-state index contributed by atoms with van der Waals surface area (Å²) in [6.07, 6.45) is 1.45. The molecule has 1 aliphatic heterocycles. The number of carbonyl (C=O) groups excluding carboxylic acids is 1. The van der Waals surface area contributed by atoms with Crippen LogP contribution in [0.2, 0.25) is 0 Å². The van der Waals surface area contributed by atoms with E-state index in [9.17, 15) is 4.79 Å². The van der Waals surface area contributed by atoms with Gasteiger partial charge in [-0.05, 0) is 6.92 Å². The SMILES string of the molecule is CC1=CC(=O)OCCN1. The first-order chi connectivity index (χ1) is 4.29. The Morgan fingerprint density at radius 1 is 1.78 bits per heavy atom. The fourth-order valence-corrected chi connectivity index (χ4v) is 0.669. The van der Waals surface area contributed by atoms with Gasteiger partial charge in [0.15, 0.2) is 0 Å². The zero-order chi connectivity index (χ0) is 6.69. The van der Waals surface area contributed by atoms with E-state index in [2.05, 4.69) is 5.32 Å². The highest BCUT2D eigenvalue weighted by atomic mass is 16.5. The Kier molecular flexibility index (Phi) is 1.72. The van der Waals surface area contributed by atoms with Gasteiger partial charge < -0.3 is 10.1 Å². The summed E-state index contributed by atoms with van der Waals surface area (Å²) in [5.41, 5.74) is 0.873. The molecule has 3 heteroatoms. The summed E-state index contributed by atoms with van der Waals surface area (Å²) >= 11 is 0. The van der Waals surface area contributed by atoms with Gasteiger partial charge in [0.05, 0.1) is 0 Å². The molecule has 50 valence electrons. The second-order valence-corrected chi connectivity index (χ2v) is 1.92. The van der Waals surface area contributed by atoms with Gasteiger partial charge in [-0.1, -0.05) is 0 Å². The number of nitrogens with one attached hydrogen (secondary N) is 1. The standard InChI is InChI=1S/C6H9NO2/c1-5-4-6(8)9-3-2-7-5/h4,7H,2-3H2,1H3. The van der Waals surface area contributed by atoms with Gasteiger partial charge in [0.25, 0.3) is 0 Å². The van der Waals surface area contributed by atoms with Crippen LogP contribution >= 0.6 is 0 Å². The number of esters is 1. The minimum absolute atomic E-state index is 0.252. The monoisotopic (exact) mass is 127 g/mol. The van der Waals surface area contributed by atoms with Gasteiger partial charge in [-0.25, -0.2) is 4.79 Å². The van der Waals surface area contributed by atoms with Crippen molar-refractivity contribution < 1.29 is 9.53 Å². The van der Waals surface area contributed by atoms with Gasteiger partial charge in [0, 0.05) is 18.3 Å². The molecule has 0 aliphatic carbocycles. The fourth-order valence-electron chi connectivity index (χ4n) is 0.669. The first-order valence-corrected chi connectivity index (χ1v) is 2.88. The molecule has 0 aromatic rings. The zero-order valence-corrected chi connectivity index (χ0v) is 5.31. The van der Waals surface area contributed by atoms with Gasteiger partial charge in [0.1, 0.15) is 6.61 Å². The van der Waals surface area contributed by atoms with E-state index in [-0.39, 0.29) is 5.97 Å². The van der Waals surface area contributed by atoms with Crippen molar-refractivity contribution in [2.75, 3.05) is 13.2 Å². The van der Waals surface area contributed by atoms with E-state index in [0.717, 1.165) is 5.70 Å². The molecule has 0 atom stereocenters. The van der Waals surface area contributed by atoms with E-state index in [1.165, 1.54) is 6.08 Å². The summed E-state index contributed by atoms with van der Waals surface area (Å²) in [6, 6.07) is 0. The second-order valence-electron chi connectivity index (χ2n) is 1.92. The third-order valence-corrected chi connectivity index (χ3v) is 1.08. The van der Waals surface area contributed by atoms with Crippen LogP contribution in [-0.4, -0.2) is 19.1 Å². The molecule has 0 saturated heterocycles. The molecule has 1 N–H and O–H groups in total. The maximum atomic E-state index is 10.6. The highest BCUT2D eigenvalue weighted by Crippen LogP contribution is 1.92. The molecule has 0 saturated carbocycles. The van der Waals surface area contributed by atoms with Gasteiger partial charge >= 0.3 is 5.97 Å². The number of allylic oxidation sites excluding steroid dienone is 1. The smallest absolute Gasteiger partial charge is 0.332 e. The van der Waals surface area contributed by atoms with Crippen molar-refractivity contribution in [3.05, 3.63) is 11.8 Å². The molecule has 0 fully saturated rings. The molecule has 1 aliphatic rings. The molecule has 0 amide bonds. The summed E-state index contributed by atoms with van der Waals surface area (Å²) in [5.74, 6) is -0.252. The van der Waals surface area contributed by atoms with E-state index in [1.54, 1.807) is 0 Å². The summed E-state index contributed by atoms with van der Waals surface area (Å²) < 4.78 is 4.70. The van der Waals surface area contributed by atoms with E-state index < -0.39 is 0 Å². The van der Waals surface area contributed by atoms with Crippen molar-refractivity contribution in [3.63, 3.8) is 0 Å². The predicted molar refractivity (Wildman–Crippen MR) is 32.7 cm³/mol. The topological polar surface area (TPSA) is 38.3 Å². The van der Waals surface area contributed by atoms with Gasteiger partial charge in [0.2, 0.25) is 0 Å². The van der Waals surface area contributed by atoms with Crippen LogP contribution in [-0.2, 0) is 9.53 Å². The number of carbonyl (C=O) groups is 1. The lowest BCUT2D eigenvalue weighted by molar-refractivity contribution is -0.137. The number of ether oxygens (including phenoxy) is 1. The summed E-state index contributed by atoms with van der Waals surface area (Å²) in [4.78, 5) is 10.6. The van der Waals surface area contributed by atoms with E-state index >= 15 is 0 Å². The Morgan fingerprint density at radius 2 is 2.56 bits per heavy atom. The van der Waals surface area contributed by atoms with Crippen molar-refractivity contribution >= 4 is 5.97 Å². The van der Waals surface area contributed by atoms with Crippen molar-refractivity contribution in [1.82, 2.24) is 5.32 Å². The number of hydrogen-bond acceptors (Lipinski definition) is 3. The first-order valence-electron chi connectivity index (χ1n) is 2.88. The minimum atomic E-state index is -0.252. The Bertz CT molecular complexity index is 151. The lowest BCUT2D eigenvalue weighted by Gasteiger charge is -1.97. The Hall–Kier alpha value is -0.990. The molecule has 0 bridgehead atoms. The van der Waals surface area contributed by atoms with Gasteiger partial charge in [-0.3, -0.25) is 0 Å². The molecule has 1 rings (SSSR count). The average Bonchev–Trinajstić information content (AvgIpc) is 1.93.